The summed E-state index contributed by atoms with van der Waals surface area (Å²) < 4.78 is 3.15. The SMILES string of the molecule is Nc1cc(I)ccc1-n1cnc2ccccc21. The van der Waals surface area contributed by atoms with Gasteiger partial charge in [0.25, 0.3) is 0 Å². The Morgan fingerprint density at radius 1 is 1.12 bits per heavy atom. The fourth-order valence-electron chi connectivity index (χ4n) is 1.90. The molecule has 0 saturated carbocycles. The lowest BCUT2D eigenvalue weighted by Crippen LogP contribution is -1.98. The highest BCUT2D eigenvalue weighted by atomic mass is 127. The van der Waals surface area contributed by atoms with Crippen molar-refractivity contribution in [3.05, 3.63) is 52.4 Å². The van der Waals surface area contributed by atoms with Gasteiger partial charge in [-0.2, -0.15) is 0 Å². The average molecular weight is 335 g/mol. The van der Waals surface area contributed by atoms with E-state index in [2.05, 4.69) is 27.6 Å². The van der Waals surface area contributed by atoms with Gasteiger partial charge < -0.3 is 5.73 Å². The molecule has 0 amide bonds. The third-order valence-corrected chi connectivity index (χ3v) is 3.37. The second kappa shape index (κ2) is 4.03. The maximum absolute atomic E-state index is 6.05. The number of para-hydroxylation sites is 2. The summed E-state index contributed by atoms with van der Waals surface area (Å²) >= 11 is 2.25. The molecule has 0 bridgehead atoms. The van der Waals surface area contributed by atoms with E-state index in [4.69, 9.17) is 5.73 Å². The van der Waals surface area contributed by atoms with Gasteiger partial charge in [-0.25, -0.2) is 4.98 Å². The van der Waals surface area contributed by atoms with Crippen LogP contribution in [0.5, 0.6) is 0 Å². The van der Waals surface area contributed by atoms with Crippen LogP contribution in [0.2, 0.25) is 0 Å². The van der Waals surface area contributed by atoms with Crippen molar-refractivity contribution < 1.29 is 0 Å². The fraction of sp³-hybridized carbons (Fsp3) is 0. The quantitative estimate of drug-likeness (QED) is 0.548. The van der Waals surface area contributed by atoms with Crippen molar-refractivity contribution >= 4 is 39.3 Å². The zero-order valence-corrected chi connectivity index (χ0v) is 11.1. The van der Waals surface area contributed by atoms with E-state index in [1.54, 1.807) is 0 Å². The van der Waals surface area contributed by atoms with Crippen LogP contribution in [0.4, 0.5) is 5.69 Å². The maximum atomic E-state index is 6.05. The molecule has 0 radical (unpaired) electrons. The molecule has 0 aliphatic rings. The minimum Gasteiger partial charge on any atom is -0.397 e. The molecule has 3 rings (SSSR count). The number of rotatable bonds is 1. The summed E-state index contributed by atoms with van der Waals surface area (Å²) in [6.07, 6.45) is 1.81. The molecule has 1 aromatic heterocycles. The van der Waals surface area contributed by atoms with Gasteiger partial charge >= 0.3 is 0 Å². The Balaban J connectivity index is 2.27. The summed E-state index contributed by atoms with van der Waals surface area (Å²) in [7, 11) is 0. The van der Waals surface area contributed by atoms with Crippen molar-refractivity contribution in [3.8, 4) is 5.69 Å². The van der Waals surface area contributed by atoms with Crippen LogP contribution in [-0.2, 0) is 0 Å². The molecule has 0 saturated heterocycles. The topological polar surface area (TPSA) is 43.8 Å². The van der Waals surface area contributed by atoms with Crippen LogP contribution in [0, 0.1) is 3.57 Å². The van der Waals surface area contributed by atoms with Gasteiger partial charge in [0.15, 0.2) is 0 Å². The molecular formula is C13H10IN3. The van der Waals surface area contributed by atoms with Gasteiger partial charge in [0, 0.05) is 3.57 Å². The normalized spacial score (nSPS) is 10.9. The first-order chi connectivity index (χ1) is 8.25. The van der Waals surface area contributed by atoms with Crippen LogP contribution in [0.15, 0.2) is 48.8 Å². The minimum absolute atomic E-state index is 0.764. The van der Waals surface area contributed by atoms with Crippen LogP contribution in [0.1, 0.15) is 0 Å². The Hall–Kier alpha value is -1.56. The Bertz CT molecular complexity index is 688. The second-order valence-electron chi connectivity index (χ2n) is 3.81. The number of anilines is 1. The largest absolute Gasteiger partial charge is 0.397 e. The van der Waals surface area contributed by atoms with Gasteiger partial charge in [0.05, 0.1) is 22.4 Å². The lowest BCUT2D eigenvalue weighted by molar-refractivity contribution is 1.09. The van der Waals surface area contributed by atoms with Gasteiger partial charge in [-0.05, 0) is 52.9 Å². The van der Waals surface area contributed by atoms with E-state index >= 15 is 0 Å². The predicted molar refractivity (Wildman–Crippen MR) is 78.2 cm³/mol. The van der Waals surface area contributed by atoms with Gasteiger partial charge in [-0.3, -0.25) is 4.57 Å². The van der Waals surface area contributed by atoms with Crippen molar-refractivity contribution in [2.24, 2.45) is 0 Å². The summed E-state index contributed by atoms with van der Waals surface area (Å²) in [5.74, 6) is 0. The zero-order valence-electron chi connectivity index (χ0n) is 8.97. The molecule has 2 N–H and O–H groups in total. The molecule has 0 aliphatic heterocycles. The van der Waals surface area contributed by atoms with Crippen LogP contribution in [-0.4, -0.2) is 9.55 Å². The molecule has 3 nitrogen and oxygen atoms in total. The highest BCUT2D eigenvalue weighted by Crippen LogP contribution is 2.24. The highest BCUT2D eigenvalue weighted by Gasteiger charge is 2.06. The Morgan fingerprint density at radius 2 is 1.94 bits per heavy atom. The van der Waals surface area contributed by atoms with Gasteiger partial charge in [0.2, 0.25) is 0 Å². The van der Waals surface area contributed by atoms with Crippen LogP contribution in [0.3, 0.4) is 0 Å². The Kier molecular flexibility index (Phi) is 2.51. The van der Waals surface area contributed by atoms with Crippen molar-refractivity contribution in [3.63, 3.8) is 0 Å². The van der Waals surface area contributed by atoms with Crippen molar-refractivity contribution in [1.82, 2.24) is 9.55 Å². The molecule has 3 aromatic rings. The van der Waals surface area contributed by atoms with E-state index in [0.29, 0.717) is 0 Å². The number of nitrogen functional groups attached to an aromatic ring is 1. The highest BCUT2D eigenvalue weighted by molar-refractivity contribution is 14.1. The second-order valence-corrected chi connectivity index (χ2v) is 5.05. The number of aromatic nitrogens is 2. The van der Waals surface area contributed by atoms with E-state index in [-0.39, 0.29) is 0 Å². The van der Waals surface area contributed by atoms with Gasteiger partial charge in [-0.15, -0.1) is 0 Å². The molecule has 17 heavy (non-hydrogen) atoms. The molecule has 4 heteroatoms. The first-order valence-electron chi connectivity index (χ1n) is 5.23. The number of halogens is 1. The summed E-state index contributed by atoms with van der Waals surface area (Å²) in [5.41, 5.74) is 9.83. The van der Waals surface area contributed by atoms with E-state index < -0.39 is 0 Å². The van der Waals surface area contributed by atoms with Crippen molar-refractivity contribution in [1.29, 1.82) is 0 Å². The minimum atomic E-state index is 0.764. The molecule has 2 aromatic carbocycles. The van der Waals surface area contributed by atoms with Crippen LogP contribution < -0.4 is 5.73 Å². The smallest absolute Gasteiger partial charge is 0.100 e. The first kappa shape index (κ1) is 10.6. The van der Waals surface area contributed by atoms with Gasteiger partial charge in [0.1, 0.15) is 6.33 Å². The van der Waals surface area contributed by atoms with Crippen LogP contribution in [0.25, 0.3) is 16.7 Å². The van der Waals surface area contributed by atoms with E-state index in [1.807, 2.05) is 53.4 Å². The Labute approximate surface area is 112 Å². The number of hydrogen-bond acceptors (Lipinski definition) is 2. The van der Waals surface area contributed by atoms with Crippen molar-refractivity contribution in [2.45, 2.75) is 0 Å². The maximum Gasteiger partial charge on any atom is 0.100 e. The lowest BCUT2D eigenvalue weighted by atomic mass is 10.2. The summed E-state index contributed by atoms with van der Waals surface area (Å²) in [4.78, 5) is 4.36. The van der Waals surface area contributed by atoms with E-state index in [9.17, 15) is 0 Å². The molecule has 0 aliphatic carbocycles. The number of nitrogens with two attached hydrogens (primary N) is 1. The molecule has 84 valence electrons. The van der Waals surface area contributed by atoms with Gasteiger partial charge in [-0.1, -0.05) is 12.1 Å². The molecule has 1 heterocycles. The Morgan fingerprint density at radius 3 is 2.76 bits per heavy atom. The predicted octanol–water partition coefficient (Wildman–Crippen LogP) is 3.21. The lowest BCUT2D eigenvalue weighted by Gasteiger charge is -2.08. The fourth-order valence-corrected chi connectivity index (χ4v) is 2.41. The molecule has 0 unspecified atom stereocenters. The summed E-state index contributed by atoms with van der Waals surface area (Å²) in [5, 5.41) is 0. The molecule has 0 spiro atoms. The van der Waals surface area contributed by atoms with Crippen molar-refractivity contribution in [2.75, 3.05) is 5.73 Å². The number of benzene rings is 2. The zero-order chi connectivity index (χ0) is 11.8. The average Bonchev–Trinajstić information content (AvgIpc) is 2.73. The van der Waals surface area contributed by atoms with E-state index in [0.717, 1.165) is 26.0 Å². The summed E-state index contributed by atoms with van der Waals surface area (Å²) in [6, 6.07) is 14.0. The number of hydrogen-bond donors (Lipinski definition) is 1. The monoisotopic (exact) mass is 335 g/mol. The summed E-state index contributed by atoms with van der Waals surface area (Å²) in [6.45, 7) is 0. The third-order valence-electron chi connectivity index (χ3n) is 2.70. The van der Waals surface area contributed by atoms with Crippen LogP contribution >= 0.6 is 22.6 Å². The third kappa shape index (κ3) is 1.78. The number of fused-ring (bicyclic) bond motifs is 1. The molecular weight excluding hydrogens is 325 g/mol. The van der Waals surface area contributed by atoms with E-state index in [1.165, 1.54) is 0 Å². The molecule has 0 fully saturated rings. The number of nitrogens with zero attached hydrogens (tertiary/aromatic N) is 2. The first-order valence-corrected chi connectivity index (χ1v) is 6.31. The molecule has 0 atom stereocenters. The number of imidazole rings is 1. The standard InChI is InChI=1S/C13H10IN3/c14-9-5-6-12(10(15)7-9)17-8-16-11-3-1-2-4-13(11)17/h1-8H,15H2.